The average Bonchev–Trinajstić information content (AvgIpc) is 3.24. The van der Waals surface area contributed by atoms with Crippen molar-refractivity contribution in [1.82, 2.24) is 4.90 Å². The van der Waals surface area contributed by atoms with E-state index in [0.717, 1.165) is 24.8 Å². The summed E-state index contributed by atoms with van der Waals surface area (Å²) in [7, 11) is 1.64. The van der Waals surface area contributed by atoms with Gasteiger partial charge in [0.1, 0.15) is 6.61 Å². The second-order valence-electron chi connectivity index (χ2n) is 5.50. The van der Waals surface area contributed by atoms with Gasteiger partial charge in [-0.05, 0) is 43.9 Å². The van der Waals surface area contributed by atoms with Crippen LogP contribution in [0.5, 0.6) is 11.5 Å². The summed E-state index contributed by atoms with van der Waals surface area (Å²) in [4.78, 5) is 2.50. The summed E-state index contributed by atoms with van der Waals surface area (Å²) in [5.74, 6) is 2.39. The van der Waals surface area contributed by atoms with Crippen molar-refractivity contribution in [3.05, 3.63) is 18.2 Å². The van der Waals surface area contributed by atoms with Crippen LogP contribution in [0.1, 0.15) is 26.2 Å². The monoisotopic (exact) mass is 278 g/mol. The minimum absolute atomic E-state index is 0.687. The second kappa shape index (κ2) is 7.39. The summed E-state index contributed by atoms with van der Waals surface area (Å²) in [6.45, 7) is 6.25. The maximum atomic E-state index is 5.84. The highest BCUT2D eigenvalue weighted by molar-refractivity contribution is 5.51. The third-order valence-electron chi connectivity index (χ3n) is 3.61. The molecule has 1 fully saturated rings. The lowest BCUT2D eigenvalue weighted by molar-refractivity contribution is 0.199. The number of nitrogen functional groups attached to an aromatic ring is 1. The van der Waals surface area contributed by atoms with Crippen molar-refractivity contribution < 1.29 is 9.47 Å². The largest absolute Gasteiger partial charge is 0.493 e. The predicted molar refractivity (Wildman–Crippen MR) is 82.4 cm³/mol. The quantitative estimate of drug-likeness (QED) is 0.706. The molecule has 0 aromatic heterocycles. The second-order valence-corrected chi connectivity index (χ2v) is 5.50. The van der Waals surface area contributed by atoms with E-state index >= 15 is 0 Å². The Bertz CT molecular complexity index is 419. The van der Waals surface area contributed by atoms with Gasteiger partial charge in [0.15, 0.2) is 11.5 Å². The van der Waals surface area contributed by atoms with Gasteiger partial charge in [-0.15, -0.1) is 0 Å². The van der Waals surface area contributed by atoms with Gasteiger partial charge in [0.2, 0.25) is 0 Å². The zero-order valence-electron chi connectivity index (χ0n) is 12.6. The predicted octanol–water partition coefficient (Wildman–Crippen LogP) is 2.78. The van der Waals surface area contributed by atoms with Crippen molar-refractivity contribution in [3.8, 4) is 11.5 Å². The van der Waals surface area contributed by atoms with Gasteiger partial charge in [0.05, 0.1) is 7.11 Å². The molecule has 112 valence electrons. The van der Waals surface area contributed by atoms with Crippen molar-refractivity contribution >= 4 is 5.69 Å². The van der Waals surface area contributed by atoms with Gasteiger partial charge in [-0.3, -0.25) is 4.90 Å². The number of nitrogens with two attached hydrogens (primary N) is 1. The van der Waals surface area contributed by atoms with E-state index in [0.29, 0.717) is 18.0 Å². The van der Waals surface area contributed by atoms with Crippen LogP contribution in [-0.4, -0.2) is 38.3 Å². The van der Waals surface area contributed by atoms with Gasteiger partial charge < -0.3 is 15.2 Å². The van der Waals surface area contributed by atoms with Gasteiger partial charge in [-0.1, -0.05) is 6.92 Å². The van der Waals surface area contributed by atoms with Gasteiger partial charge in [-0.2, -0.15) is 0 Å². The Labute approximate surface area is 121 Å². The summed E-state index contributed by atoms with van der Waals surface area (Å²) in [5, 5.41) is 0. The highest BCUT2D eigenvalue weighted by Crippen LogP contribution is 2.30. The molecule has 0 spiro atoms. The molecule has 0 radical (unpaired) electrons. The minimum Gasteiger partial charge on any atom is -0.493 e. The maximum Gasteiger partial charge on any atom is 0.162 e. The third-order valence-corrected chi connectivity index (χ3v) is 3.61. The van der Waals surface area contributed by atoms with Crippen LogP contribution in [0.2, 0.25) is 0 Å². The van der Waals surface area contributed by atoms with Crippen molar-refractivity contribution in [2.24, 2.45) is 5.92 Å². The Morgan fingerprint density at radius 2 is 2.05 bits per heavy atom. The average molecular weight is 278 g/mol. The van der Waals surface area contributed by atoms with Crippen molar-refractivity contribution in [2.75, 3.05) is 39.1 Å². The lowest BCUT2D eigenvalue weighted by Crippen LogP contribution is -2.31. The van der Waals surface area contributed by atoms with Crippen molar-refractivity contribution in [1.29, 1.82) is 0 Å². The molecule has 1 aromatic carbocycles. The fraction of sp³-hybridized carbons (Fsp3) is 0.625. The van der Waals surface area contributed by atoms with E-state index in [1.54, 1.807) is 13.2 Å². The molecule has 0 heterocycles. The van der Waals surface area contributed by atoms with Crippen LogP contribution in [0.4, 0.5) is 5.69 Å². The molecule has 1 aliphatic carbocycles. The Balaban J connectivity index is 1.81. The smallest absolute Gasteiger partial charge is 0.162 e. The molecule has 2 rings (SSSR count). The van der Waals surface area contributed by atoms with Crippen LogP contribution in [0.15, 0.2) is 18.2 Å². The summed E-state index contributed by atoms with van der Waals surface area (Å²) in [6.07, 6.45) is 3.98. The standard InChI is InChI=1S/C16H26N2O2/c1-3-8-18(12-13-4-5-13)9-10-20-15-7-6-14(17)11-16(15)19-2/h6-7,11,13H,3-5,8-10,12,17H2,1-2H3. The summed E-state index contributed by atoms with van der Waals surface area (Å²) in [5.41, 5.74) is 6.43. The topological polar surface area (TPSA) is 47.7 Å². The SMILES string of the molecule is CCCN(CCOc1ccc(N)cc1OC)CC1CC1. The number of nitrogens with zero attached hydrogens (tertiary/aromatic N) is 1. The normalized spacial score (nSPS) is 14.6. The highest BCUT2D eigenvalue weighted by atomic mass is 16.5. The first-order valence-corrected chi connectivity index (χ1v) is 7.51. The molecule has 1 aromatic rings. The lowest BCUT2D eigenvalue weighted by Gasteiger charge is -2.21. The van der Waals surface area contributed by atoms with Crippen LogP contribution >= 0.6 is 0 Å². The number of ether oxygens (including phenoxy) is 2. The fourth-order valence-electron chi connectivity index (χ4n) is 2.36. The molecule has 0 saturated heterocycles. The highest BCUT2D eigenvalue weighted by Gasteiger charge is 2.23. The molecule has 4 nitrogen and oxygen atoms in total. The number of hydrogen-bond acceptors (Lipinski definition) is 4. The van der Waals surface area contributed by atoms with Crippen LogP contribution in [0.25, 0.3) is 0 Å². The van der Waals surface area contributed by atoms with E-state index < -0.39 is 0 Å². The first kappa shape index (κ1) is 15.0. The third kappa shape index (κ3) is 4.60. The first-order valence-electron chi connectivity index (χ1n) is 7.51. The molecule has 2 N–H and O–H groups in total. The zero-order valence-corrected chi connectivity index (χ0v) is 12.6. The van der Waals surface area contributed by atoms with E-state index in [-0.39, 0.29) is 0 Å². The minimum atomic E-state index is 0.687. The number of rotatable bonds is 9. The van der Waals surface area contributed by atoms with Gasteiger partial charge >= 0.3 is 0 Å². The van der Waals surface area contributed by atoms with E-state index in [1.165, 1.54) is 25.8 Å². The molecule has 0 unspecified atom stereocenters. The van der Waals surface area contributed by atoms with Crippen molar-refractivity contribution in [3.63, 3.8) is 0 Å². The molecule has 4 heteroatoms. The van der Waals surface area contributed by atoms with E-state index in [1.807, 2.05) is 12.1 Å². The van der Waals surface area contributed by atoms with Gasteiger partial charge in [-0.25, -0.2) is 0 Å². The van der Waals surface area contributed by atoms with Crippen LogP contribution in [-0.2, 0) is 0 Å². The zero-order chi connectivity index (χ0) is 14.4. The molecule has 0 bridgehead atoms. The van der Waals surface area contributed by atoms with Crippen LogP contribution in [0, 0.1) is 5.92 Å². The maximum absolute atomic E-state index is 5.84. The molecule has 20 heavy (non-hydrogen) atoms. The van der Waals surface area contributed by atoms with Gasteiger partial charge in [0, 0.05) is 24.8 Å². The molecule has 0 aliphatic heterocycles. The Morgan fingerprint density at radius 3 is 2.70 bits per heavy atom. The summed E-state index contributed by atoms with van der Waals surface area (Å²) >= 11 is 0. The molecular formula is C16H26N2O2. The Kier molecular flexibility index (Phi) is 5.53. The molecule has 1 aliphatic rings. The molecule has 0 atom stereocenters. The van der Waals surface area contributed by atoms with Crippen molar-refractivity contribution in [2.45, 2.75) is 26.2 Å². The number of anilines is 1. The van der Waals surface area contributed by atoms with Crippen LogP contribution < -0.4 is 15.2 Å². The van der Waals surface area contributed by atoms with E-state index in [4.69, 9.17) is 15.2 Å². The van der Waals surface area contributed by atoms with E-state index in [9.17, 15) is 0 Å². The summed E-state index contributed by atoms with van der Waals surface area (Å²) in [6, 6.07) is 5.51. The molecule has 0 amide bonds. The number of benzene rings is 1. The molecular weight excluding hydrogens is 252 g/mol. The number of methoxy groups -OCH3 is 1. The Hall–Kier alpha value is -1.42. The fourth-order valence-corrected chi connectivity index (χ4v) is 2.36. The number of hydrogen-bond donors (Lipinski definition) is 1. The molecule has 1 saturated carbocycles. The van der Waals surface area contributed by atoms with E-state index in [2.05, 4.69) is 11.8 Å². The first-order chi connectivity index (χ1) is 9.72. The van der Waals surface area contributed by atoms with Gasteiger partial charge in [0.25, 0.3) is 0 Å². The van der Waals surface area contributed by atoms with Crippen LogP contribution in [0.3, 0.4) is 0 Å². The Morgan fingerprint density at radius 1 is 1.25 bits per heavy atom. The summed E-state index contributed by atoms with van der Waals surface area (Å²) < 4.78 is 11.1. The lowest BCUT2D eigenvalue weighted by atomic mass is 10.3.